The molecule has 0 atom stereocenters. The smallest absolute Gasteiger partial charge is 0.645 e. The summed E-state index contributed by atoms with van der Waals surface area (Å²) >= 11 is 0. The second-order valence-corrected chi connectivity index (χ2v) is 10.5. The first-order chi connectivity index (χ1) is 20.5. The molecular weight excluding hydrogens is 614 g/mol. The normalized spacial score (nSPS) is 11.2. The summed E-state index contributed by atoms with van der Waals surface area (Å²) in [6.07, 6.45) is 0. The average molecular weight is 647 g/mol. The first-order valence-electron chi connectivity index (χ1n) is 13.8. The molecule has 0 saturated heterocycles. The van der Waals surface area contributed by atoms with Crippen LogP contribution in [-0.4, -0.2) is 40.0 Å². The number of amides is 1. The van der Waals surface area contributed by atoms with Gasteiger partial charge in [-0.05, 0) is 60.2 Å². The van der Waals surface area contributed by atoms with Gasteiger partial charge in [-0.2, -0.15) is 4.68 Å². The molecule has 0 spiro atoms. The standard InChI is InChI=1S/C32H35N5O6.Cu/c1-6-42-26-17-14-22(32(3,4)5)18-21(26)19-33-28(38)24-10-8-9-11-25(24)34-35-27-29(43-7-2)36-37(30(27)39)23-15-12-20(13-16-23)31(40)41;/h8-18H,6-7,19H2,1-5H3,(H3,33,34,36,38,39,40,41);/q;+1/p-2. The van der Waals surface area contributed by atoms with Crippen LogP contribution in [0, 0.1) is 0 Å². The van der Waals surface area contributed by atoms with Crippen LogP contribution >= 0.6 is 0 Å². The largest absolute Gasteiger partial charge is 1.00 e. The number of hydrogen-bond acceptors (Lipinski definition) is 9. The van der Waals surface area contributed by atoms with Gasteiger partial charge in [-0.15, -0.1) is 15.3 Å². The van der Waals surface area contributed by atoms with Crippen molar-refractivity contribution in [2.45, 2.75) is 46.6 Å². The number of ether oxygens (including phenoxy) is 2. The molecule has 3 aromatic carbocycles. The second-order valence-electron chi connectivity index (χ2n) is 10.5. The molecule has 1 aromatic heterocycles. The minimum Gasteiger partial charge on any atom is -0.645 e. The van der Waals surface area contributed by atoms with Crippen molar-refractivity contribution in [1.82, 2.24) is 9.78 Å². The Morgan fingerprint density at radius 2 is 1.66 bits per heavy atom. The zero-order valence-corrected chi connectivity index (χ0v) is 25.9. The van der Waals surface area contributed by atoms with Crippen LogP contribution in [0.3, 0.4) is 0 Å². The van der Waals surface area contributed by atoms with E-state index in [9.17, 15) is 19.8 Å². The van der Waals surface area contributed by atoms with Crippen LogP contribution in [0.15, 0.2) is 77.0 Å². The summed E-state index contributed by atoms with van der Waals surface area (Å²) in [6.45, 7) is 10.8. The van der Waals surface area contributed by atoms with E-state index in [1.165, 1.54) is 24.3 Å². The van der Waals surface area contributed by atoms with Crippen LogP contribution in [0.5, 0.6) is 17.5 Å². The summed E-state index contributed by atoms with van der Waals surface area (Å²) in [5.74, 6) is -1.53. The van der Waals surface area contributed by atoms with E-state index >= 15 is 0 Å². The maximum Gasteiger partial charge on any atom is 1.00 e. The van der Waals surface area contributed by atoms with E-state index in [4.69, 9.17) is 9.47 Å². The van der Waals surface area contributed by atoms with Gasteiger partial charge in [0.25, 0.3) is 5.88 Å². The van der Waals surface area contributed by atoms with Crippen molar-refractivity contribution >= 4 is 23.3 Å². The summed E-state index contributed by atoms with van der Waals surface area (Å²) in [4.78, 5) is 24.3. The SMILES string of the molecule is CCOc1ccc(C(C)(C)C)cc1C[N-]C(=O)c1ccccc1N=Nc1c(OCC)nn(-c2ccc(C(=O)[O-])cc2)c1O.[Cu+]. The van der Waals surface area contributed by atoms with Crippen LogP contribution in [0.1, 0.15) is 66.5 Å². The molecule has 4 aromatic rings. The number of carboxylic acids is 1. The van der Waals surface area contributed by atoms with Crippen molar-refractivity contribution in [3.8, 4) is 23.2 Å². The minimum absolute atomic E-state index is 0. The Kier molecular flexibility index (Phi) is 11.3. The maximum absolute atomic E-state index is 13.3. The van der Waals surface area contributed by atoms with Crippen molar-refractivity contribution in [3.63, 3.8) is 0 Å². The van der Waals surface area contributed by atoms with Crippen molar-refractivity contribution in [3.05, 3.63) is 94.3 Å². The van der Waals surface area contributed by atoms with Crippen LogP contribution in [0.25, 0.3) is 11.0 Å². The summed E-state index contributed by atoms with van der Waals surface area (Å²) in [7, 11) is 0. The van der Waals surface area contributed by atoms with Crippen LogP contribution in [-0.2, 0) is 29.0 Å². The molecule has 234 valence electrons. The molecule has 0 saturated carbocycles. The summed E-state index contributed by atoms with van der Waals surface area (Å²) < 4.78 is 12.5. The number of carbonyl (C=O) groups is 2. The summed E-state index contributed by atoms with van der Waals surface area (Å²) in [5, 5.41) is 39.0. The van der Waals surface area contributed by atoms with E-state index in [0.717, 1.165) is 15.8 Å². The van der Waals surface area contributed by atoms with Gasteiger partial charge in [0.1, 0.15) is 5.75 Å². The quantitative estimate of drug-likeness (QED) is 0.151. The van der Waals surface area contributed by atoms with Crippen LogP contribution < -0.4 is 14.6 Å². The average Bonchev–Trinajstić information content (AvgIpc) is 3.29. The third kappa shape index (κ3) is 7.83. The second kappa shape index (κ2) is 14.7. The van der Waals surface area contributed by atoms with Gasteiger partial charge in [0.15, 0.2) is 0 Å². The van der Waals surface area contributed by atoms with Gasteiger partial charge in [-0.25, -0.2) is 0 Å². The molecule has 0 fully saturated rings. The van der Waals surface area contributed by atoms with Crippen molar-refractivity contribution < 1.29 is 46.3 Å². The molecular formula is C32H33CuN5O6-. The number of carboxylic acid groups (broad SMARTS) is 1. The first-order valence-corrected chi connectivity index (χ1v) is 13.8. The van der Waals surface area contributed by atoms with Gasteiger partial charge in [0.05, 0.1) is 36.5 Å². The fraction of sp³-hybridized carbons (Fsp3) is 0.281. The Balaban J connectivity index is 0.00000529. The fourth-order valence-electron chi connectivity index (χ4n) is 4.18. The Labute approximate surface area is 266 Å². The molecule has 0 bridgehead atoms. The summed E-state index contributed by atoms with van der Waals surface area (Å²) in [5.41, 5.74) is 2.54. The minimum atomic E-state index is -1.33. The van der Waals surface area contributed by atoms with Crippen molar-refractivity contribution in [1.29, 1.82) is 0 Å². The third-order valence-corrected chi connectivity index (χ3v) is 6.45. The molecule has 1 amide bonds. The molecule has 44 heavy (non-hydrogen) atoms. The maximum atomic E-state index is 13.3. The molecule has 0 unspecified atom stereocenters. The number of hydrogen-bond donors (Lipinski definition) is 1. The Hall–Kier alpha value is -4.67. The van der Waals surface area contributed by atoms with Gasteiger partial charge < -0.3 is 34.6 Å². The van der Waals surface area contributed by atoms with Gasteiger partial charge >= 0.3 is 17.1 Å². The number of carbonyl (C=O) groups excluding carboxylic acids is 2. The third-order valence-electron chi connectivity index (χ3n) is 6.45. The van der Waals surface area contributed by atoms with Gasteiger partial charge in [-0.1, -0.05) is 69.8 Å². The molecule has 0 aliphatic rings. The zero-order chi connectivity index (χ0) is 31.1. The Morgan fingerprint density at radius 1 is 0.977 bits per heavy atom. The number of azo groups is 1. The number of aromatic nitrogens is 2. The topological polar surface area (TPSA) is 153 Å². The van der Waals surface area contributed by atoms with Gasteiger partial charge in [-0.3, -0.25) is 0 Å². The molecule has 12 heteroatoms. The van der Waals surface area contributed by atoms with Gasteiger partial charge in [0, 0.05) is 5.56 Å². The van der Waals surface area contributed by atoms with Crippen molar-refractivity contribution in [2.75, 3.05) is 13.2 Å². The number of benzene rings is 3. The first kappa shape index (κ1) is 33.8. The van der Waals surface area contributed by atoms with Crippen LogP contribution in [0.2, 0.25) is 0 Å². The Morgan fingerprint density at radius 3 is 2.30 bits per heavy atom. The molecule has 0 radical (unpaired) electrons. The molecule has 0 aliphatic heterocycles. The molecule has 4 rings (SSSR count). The van der Waals surface area contributed by atoms with E-state index in [0.29, 0.717) is 18.0 Å². The summed E-state index contributed by atoms with van der Waals surface area (Å²) in [6, 6.07) is 18.1. The fourth-order valence-corrected chi connectivity index (χ4v) is 4.18. The Bertz CT molecular complexity index is 1640. The van der Waals surface area contributed by atoms with E-state index in [1.54, 1.807) is 31.2 Å². The van der Waals surface area contributed by atoms with Crippen molar-refractivity contribution in [2.24, 2.45) is 10.2 Å². The molecule has 0 aliphatic carbocycles. The van der Waals surface area contributed by atoms with E-state index in [1.807, 2.05) is 25.1 Å². The predicted octanol–water partition coefficient (Wildman–Crippen LogP) is 6.16. The molecule has 1 N–H and O–H groups in total. The molecule has 1 heterocycles. The van der Waals surface area contributed by atoms with Gasteiger partial charge in [0.2, 0.25) is 11.6 Å². The van der Waals surface area contributed by atoms with E-state index in [2.05, 4.69) is 41.4 Å². The number of nitrogens with zero attached hydrogens (tertiary/aromatic N) is 5. The number of rotatable bonds is 11. The zero-order valence-electron chi connectivity index (χ0n) is 25.0. The monoisotopic (exact) mass is 646 g/mol. The number of aromatic hydroxyl groups is 1. The molecule has 11 nitrogen and oxygen atoms in total. The van der Waals surface area contributed by atoms with E-state index in [-0.39, 0.29) is 69.9 Å². The number of aromatic carboxylic acids is 1. The van der Waals surface area contributed by atoms with Crippen LogP contribution in [0.4, 0.5) is 11.4 Å². The predicted molar refractivity (Wildman–Crippen MR) is 159 cm³/mol. The van der Waals surface area contributed by atoms with E-state index < -0.39 is 11.9 Å².